The minimum absolute atomic E-state index is 0.393. The largest absolute Gasteiger partial charge is 0.380 e. The molecular weight excluding hydrogens is 280 g/mol. The van der Waals surface area contributed by atoms with E-state index >= 15 is 0 Å². The highest BCUT2D eigenvalue weighted by Gasteiger charge is 2.11. The Morgan fingerprint density at radius 3 is 2.43 bits per heavy atom. The minimum Gasteiger partial charge on any atom is -0.380 e. The molecule has 1 atom stereocenters. The fourth-order valence-electron chi connectivity index (χ4n) is 2.43. The Bertz CT molecular complexity index is 567. The van der Waals surface area contributed by atoms with Crippen molar-refractivity contribution in [1.29, 1.82) is 0 Å². The van der Waals surface area contributed by atoms with Crippen molar-refractivity contribution in [1.82, 2.24) is 0 Å². The fraction of sp³-hybridized carbons (Fsp3) is 0.333. The van der Waals surface area contributed by atoms with Gasteiger partial charge in [0, 0.05) is 25.2 Å². The molecule has 2 aromatic rings. The van der Waals surface area contributed by atoms with Crippen molar-refractivity contribution in [2.24, 2.45) is 0 Å². The molecule has 3 heteroatoms. The molecule has 2 nitrogen and oxygen atoms in total. The summed E-state index contributed by atoms with van der Waals surface area (Å²) >= 11 is 6.15. The number of rotatable bonds is 6. The molecule has 21 heavy (non-hydrogen) atoms. The molecule has 112 valence electrons. The molecule has 2 aromatic carbocycles. The van der Waals surface area contributed by atoms with E-state index in [1.807, 2.05) is 26.2 Å². The van der Waals surface area contributed by atoms with Crippen molar-refractivity contribution in [3.63, 3.8) is 0 Å². The monoisotopic (exact) mass is 302 g/mol. The SMILES string of the molecule is CCC(Cc1ccccc1)Nc1cc(Cl)ccc1N(C)C. The van der Waals surface area contributed by atoms with Crippen molar-refractivity contribution in [2.45, 2.75) is 25.8 Å². The van der Waals surface area contributed by atoms with Gasteiger partial charge in [-0.2, -0.15) is 0 Å². The second kappa shape index (κ2) is 7.37. The van der Waals surface area contributed by atoms with Crippen LogP contribution in [0.4, 0.5) is 11.4 Å². The topological polar surface area (TPSA) is 15.3 Å². The zero-order valence-electron chi connectivity index (χ0n) is 12.9. The molecule has 2 rings (SSSR count). The fourth-order valence-corrected chi connectivity index (χ4v) is 2.60. The summed E-state index contributed by atoms with van der Waals surface area (Å²) in [6, 6.07) is 17.0. The van der Waals surface area contributed by atoms with Gasteiger partial charge in [-0.05, 0) is 36.6 Å². The van der Waals surface area contributed by atoms with Gasteiger partial charge in [-0.1, -0.05) is 48.9 Å². The van der Waals surface area contributed by atoms with Crippen LogP contribution in [0.3, 0.4) is 0 Å². The highest BCUT2D eigenvalue weighted by Crippen LogP contribution is 2.29. The smallest absolute Gasteiger partial charge is 0.0597 e. The van der Waals surface area contributed by atoms with Gasteiger partial charge in [0.25, 0.3) is 0 Å². The highest BCUT2D eigenvalue weighted by atomic mass is 35.5. The van der Waals surface area contributed by atoms with Gasteiger partial charge in [0.2, 0.25) is 0 Å². The number of halogens is 1. The van der Waals surface area contributed by atoms with E-state index in [0.29, 0.717) is 6.04 Å². The predicted octanol–water partition coefficient (Wildman–Crippen LogP) is 4.84. The number of anilines is 2. The first-order valence-electron chi connectivity index (χ1n) is 7.37. The second-order valence-corrected chi connectivity index (χ2v) is 5.93. The molecule has 1 unspecified atom stereocenters. The van der Waals surface area contributed by atoms with Crippen LogP contribution in [0.2, 0.25) is 5.02 Å². The first kappa shape index (κ1) is 15.7. The van der Waals surface area contributed by atoms with E-state index in [2.05, 4.69) is 53.5 Å². The normalized spacial score (nSPS) is 12.0. The number of hydrogen-bond donors (Lipinski definition) is 1. The Labute approximate surface area is 132 Å². The van der Waals surface area contributed by atoms with Crippen LogP contribution in [-0.4, -0.2) is 20.1 Å². The standard InChI is InChI=1S/C18H23ClN2/c1-4-16(12-14-8-6-5-7-9-14)20-17-13-15(19)10-11-18(17)21(2)3/h5-11,13,16,20H,4,12H2,1-3H3. The molecule has 0 saturated heterocycles. The average molecular weight is 303 g/mol. The van der Waals surface area contributed by atoms with E-state index in [9.17, 15) is 0 Å². The van der Waals surface area contributed by atoms with Gasteiger partial charge in [0.15, 0.2) is 0 Å². The number of hydrogen-bond acceptors (Lipinski definition) is 2. The molecule has 0 amide bonds. The molecule has 0 heterocycles. The van der Waals surface area contributed by atoms with Gasteiger partial charge >= 0.3 is 0 Å². The van der Waals surface area contributed by atoms with E-state index in [-0.39, 0.29) is 0 Å². The Kier molecular flexibility index (Phi) is 5.51. The second-order valence-electron chi connectivity index (χ2n) is 5.50. The highest BCUT2D eigenvalue weighted by molar-refractivity contribution is 6.31. The van der Waals surface area contributed by atoms with Crippen molar-refractivity contribution < 1.29 is 0 Å². The maximum Gasteiger partial charge on any atom is 0.0597 e. The lowest BCUT2D eigenvalue weighted by Gasteiger charge is -2.24. The van der Waals surface area contributed by atoms with Crippen LogP contribution in [-0.2, 0) is 6.42 Å². The van der Waals surface area contributed by atoms with E-state index in [1.165, 1.54) is 5.56 Å². The molecule has 0 fully saturated rings. The zero-order valence-corrected chi connectivity index (χ0v) is 13.7. The molecule has 0 bridgehead atoms. The summed E-state index contributed by atoms with van der Waals surface area (Å²) in [5.41, 5.74) is 3.60. The summed E-state index contributed by atoms with van der Waals surface area (Å²) in [6.45, 7) is 2.21. The predicted molar refractivity (Wildman–Crippen MR) is 93.6 cm³/mol. The van der Waals surface area contributed by atoms with Crippen molar-refractivity contribution >= 4 is 23.0 Å². The maximum absolute atomic E-state index is 6.15. The van der Waals surface area contributed by atoms with Crippen LogP contribution in [0.5, 0.6) is 0 Å². The van der Waals surface area contributed by atoms with Gasteiger partial charge in [-0.3, -0.25) is 0 Å². The third-order valence-electron chi connectivity index (χ3n) is 3.62. The molecule has 0 spiro atoms. The lowest BCUT2D eigenvalue weighted by Crippen LogP contribution is -2.23. The van der Waals surface area contributed by atoms with E-state index in [1.54, 1.807) is 0 Å². The Balaban J connectivity index is 2.16. The van der Waals surface area contributed by atoms with Crippen LogP contribution < -0.4 is 10.2 Å². The zero-order chi connectivity index (χ0) is 15.2. The van der Waals surface area contributed by atoms with Crippen molar-refractivity contribution in [2.75, 3.05) is 24.3 Å². The third kappa shape index (κ3) is 4.40. The maximum atomic E-state index is 6.15. The van der Waals surface area contributed by atoms with Crippen molar-refractivity contribution in [3.05, 3.63) is 59.1 Å². The molecule has 0 aliphatic carbocycles. The van der Waals surface area contributed by atoms with Gasteiger partial charge < -0.3 is 10.2 Å². The summed E-state index contributed by atoms with van der Waals surface area (Å²) in [4.78, 5) is 2.11. The summed E-state index contributed by atoms with van der Waals surface area (Å²) in [5.74, 6) is 0. The van der Waals surface area contributed by atoms with E-state index < -0.39 is 0 Å². The van der Waals surface area contributed by atoms with Crippen molar-refractivity contribution in [3.8, 4) is 0 Å². The average Bonchev–Trinajstić information content (AvgIpc) is 2.47. The third-order valence-corrected chi connectivity index (χ3v) is 3.85. The molecular formula is C18H23ClN2. The van der Waals surface area contributed by atoms with E-state index in [4.69, 9.17) is 11.6 Å². The Morgan fingerprint density at radius 2 is 1.81 bits per heavy atom. The molecule has 0 aromatic heterocycles. The molecule has 0 aliphatic rings. The number of nitrogens with one attached hydrogen (secondary N) is 1. The summed E-state index contributed by atoms with van der Waals surface area (Å²) in [5, 5.41) is 4.40. The van der Waals surface area contributed by atoms with Gasteiger partial charge in [0.05, 0.1) is 11.4 Å². The van der Waals surface area contributed by atoms with Crippen LogP contribution >= 0.6 is 11.6 Å². The van der Waals surface area contributed by atoms with Gasteiger partial charge in [-0.15, -0.1) is 0 Å². The Morgan fingerprint density at radius 1 is 1.10 bits per heavy atom. The van der Waals surface area contributed by atoms with Gasteiger partial charge in [-0.25, -0.2) is 0 Å². The number of nitrogens with zero attached hydrogens (tertiary/aromatic N) is 1. The molecule has 0 saturated carbocycles. The van der Waals surface area contributed by atoms with Crippen LogP contribution in [0, 0.1) is 0 Å². The lowest BCUT2D eigenvalue weighted by atomic mass is 10.0. The van der Waals surface area contributed by atoms with Gasteiger partial charge in [0.1, 0.15) is 0 Å². The molecule has 0 radical (unpaired) electrons. The van der Waals surface area contributed by atoms with E-state index in [0.717, 1.165) is 29.2 Å². The first-order valence-corrected chi connectivity index (χ1v) is 7.75. The van der Waals surface area contributed by atoms with Crippen LogP contribution in [0.25, 0.3) is 0 Å². The summed E-state index contributed by atoms with van der Waals surface area (Å²) in [6.07, 6.45) is 2.07. The molecule has 0 aliphatic heterocycles. The Hall–Kier alpha value is -1.67. The lowest BCUT2D eigenvalue weighted by molar-refractivity contribution is 0.690. The first-order chi connectivity index (χ1) is 10.1. The quantitative estimate of drug-likeness (QED) is 0.821. The minimum atomic E-state index is 0.393. The van der Waals surface area contributed by atoms with Crippen LogP contribution in [0.1, 0.15) is 18.9 Å². The number of benzene rings is 2. The summed E-state index contributed by atoms with van der Waals surface area (Å²) in [7, 11) is 4.10. The summed E-state index contributed by atoms with van der Waals surface area (Å²) < 4.78 is 0. The molecule has 1 N–H and O–H groups in total. The van der Waals surface area contributed by atoms with Crippen LogP contribution in [0.15, 0.2) is 48.5 Å².